The normalized spacial score (nSPS) is 21.3. The second kappa shape index (κ2) is 5.07. The highest BCUT2D eigenvalue weighted by atomic mass is 16.5. The topological polar surface area (TPSA) is 47.0 Å². The average Bonchev–Trinajstić information content (AvgIpc) is 2.28. The molecule has 0 aliphatic carbocycles. The first-order chi connectivity index (χ1) is 7.34. The van der Waals surface area contributed by atoms with Gasteiger partial charge in [0.2, 0.25) is 0 Å². The number of nitrogens with one attached hydrogen (secondary N) is 1. The van der Waals surface area contributed by atoms with Crippen LogP contribution in [0.25, 0.3) is 0 Å². The lowest BCUT2D eigenvalue weighted by molar-refractivity contribution is 0.0247. The fourth-order valence-electron chi connectivity index (χ4n) is 1.74. The minimum atomic E-state index is 0.342. The summed E-state index contributed by atoms with van der Waals surface area (Å²) in [5.74, 6) is 1.68. The Morgan fingerprint density at radius 1 is 1.53 bits per heavy atom. The number of hydrogen-bond donors (Lipinski definition) is 1. The maximum Gasteiger partial charge on any atom is 0.129 e. The molecule has 2 rings (SSSR count). The Labute approximate surface area is 90.1 Å². The first-order valence-electron chi connectivity index (χ1n) is 5.50. The van der Waals surface area contributed by atoms with Crippen molar-refractivity contribution in [2.45, 2.75) is 32.3 Å². The highest BCUT2D eigenvalue weighted by Crippen LogP contribution is 2.13. The summed E-state index contributed by atoms with van der Waals surface area (Å²) in [5.41, 5.74) is 0. The maximum atomic E-state index is 5.62. The SMILES string of the molecule is Cc1nccc(NCC2CCCCO2)n1. The maximum absolute atomic E-state index is 5.62. The molecule has 1 saturated heterocycles. The van der Waals surface area contributed by atoms with E-state index in [4.69, 9.17) is 4.74 Å². The second-order valence-electron chi connectivity index (χ2n) is 3.86. The predicted octanol–water partition coefficient (Wildman–Crippen LogP) is 1.77. The van der Waals surface area contributed by atoms with Gasteiger partial charge in [0.1, 0.15) is 11.6 Å². The minimum Gasteiger partial charge on any atom is -0.376 e. The fraction of sp³-hybridized carbons (Fsp3) is 0.636. The van der Waals surface area contributed by atoms with Gasteiger partial charge in [-0.25, -0.2) is 9.97 Å². The van der Waals surface area contributed by atoms with Crippen molar-refractivity contribution in [2.75, 3.05) is 18.5 Å². The highest BCUT2D eigenvalue weighted by molar-refractivity contribution is 5.32. The Bertz CT molecular complexity index is 310. The molecule has 1 N–H and O–H groups in total. The van der Waals surface area contributed by atoms with Crippen molar-refractivity contribution in [1.82, 2.24) is 9.97 Å². The third kappa shape index (κ3) is 3.16. The zero-order chi connectivity index (χ0) is 10.5. The highest BCUT2D eigenvalue weighted by Gasteiger charge is 2.13. The lowest BCUT2D eigenvalue weighted by atomic mass is 10.1. The summed E-state index contributed by atoms with van der Waals surface area (Å²) in [6.07, 6.45) is 5.73. The standard InChI is InChI=1S/C11H17N3O/c1-9-12-6-5-11(14-9)13-8-10-4-2-3-7-15-10/h5-6,10H,2-4,7-8H2,1H3,(H,12,13,14). The van der Waals surface area contributed by atoms with Crippen molar-refractivity contribution in [1.29, 1.82) is 0 Å². The van der Waals surface area contributed by atoms with Crippen LogP contribution in [0.4, 0.5) is 5.82 Å². The molecule has 1 aliphatic rings. The van der Waals surface area contributed by atoms with Crippen LogP contribution in [-0.2, 0) is 4.74 Å². The summed E-state index contributed by atoms with van der Waals surface area (Å²) in [6, 6.07) is 1.88. The number of aromatic nitrogens is 2. The number of ether oxygens (including phenoxy) is 1. The van der Waals surface area contributed by atoms with Crippen molar-refractivity contribution in [2.24, 2.45) is 0 Å². The van der Waals surface area contributed by atoms with E-state index < -0.39 is 0 Å². The zero-order valence-electron chi connectivity index (χ0n) is 9.07. The Hall–Kier alpha value is -1.16. The summed E-state index contributed by atoms with van der Waals surface area (Å²) >= 11 is 0. The van der Waals surface area contributed by atoms with E-state index >= 15 is 0 Å². The second-order valence-corrected chi connectivity index (χ2v) is 3.86. The monoisotopic (exact) mass is 207 g/mol. The first-order valence-corrected chi connectivity index (χ1v) is 5.50. The van der Waals surface area contributed by atoms with Crippen molar-refractivity contribution in [3.05, 3.63) is 18.1 Å². The van der Waals surface area contributed by atoms with E-state index in [0.29, 0.717) is 6.10 Å². The van der Waals surface area contributed by atoms with E-state index in [0.717, 1.165) is 31.2 Å². The van der Waals surface area contributed by atoms with E-state index in [2.05, 4.69) is 15.3 Å². The molecule has 0 aromatic carbocycles. The van der Waals surface area contributed by atoms with Gasteiger partial charge >= 0.3 is 0 Å². The molecule has 4 heteroatoms. The van der Waals surface area contributed by atoms with E-state index in [-0.39, 0.29) is 0 Å². The molecule has 1 unspecified atom stereocenters. The average molecular weight is 207 g/mol. The first kappa shape index (κ1) is 10.4. The largest absolute Gasteiger partial charge is 0.376 e. The van der Waals surface area contributed by atoms with E-state index in [9.17, 15) is 0 Å². The molecular weight excluding hydrogens is 190 g/mol. The third-order valence-electron chi connectivity index (χ3n) is 2.56. The van der Waals surface area contributed by atoms with Gasteiger partial charge < -0.3 is 10.1 Å². The van der Waals surface area contributed by atoms with Crippen LogP contribution in [0, 0.1) is 6.92 Å². The number of rotatable bonds is 3. The van der Waals surface area contributed by atoms with Gasteiger partial charge in [0.05, 0.1) is 6.10 Å². The number of aryl methyl sites for hydroxylation is 1. The quantitative estimate of drug-likeness (QED) is 0.820. The molecule has 15 heavy (non-hydrogen) atoms. The van der Waals surface area contributed by atoms with E-state index in [1.165, 1.54) is 12.8 Å². The molecule has 1 aromatic rings. The molecule has 0 amide bonds. The summed E-state index contributed by atoms with van der Waals surface area (Å²) in [7, 11) is 0. The zero-order valence-corrected chi connectivity index (χ0v) is 9.07. The van der Waals surface area contributed by atoms with E-state index in [1.54, 1.807) is 6.20 Å². The van der Waals surface area contributed by atoms with Gasteiger partial charge in [0.25, 0.3) is 0 Å². The molecule has 1 atom stereocenters. The molecule has 1 aromatic heterocycles. The van der Waals surface area contributed by atoms with Crippen LogP contribution in [0.3, 0.4) is 0 Å². The summed E-state index contributed by atoms with van der Waals surface area (Å²) < 4.78 is 5.62. The molecule has 4 nitrogen and oxygen atoms in total. The lowest BCUT2D eigenvalue weighted by Crippen LogP contribution is -2.27. The van der Waals surface area contributed by atoms with Crippen LogP contribution >= 0.6 is 0 Å². The molecule has 0 bridgehead atoms. The third-order valence-corrected chi connectivity index (χ3v) is 2.56. The Kier molecular flexibility index (Phi) is 3.50. The van der Waals surface area contributed by atoms with Gasteiger partial charge in [-0.2, -0.15) is 0 Å². The molecule has 0 radical (unpaired) electrons. The van der Waals surface area contributed by atoms with Crippen LogP contribution in [0.5, 0.6) is 0 Å². The van der Waals surface area contributed by atoms with Crippen LogP contribution in [-0.4, -0.2) is 29.2 Å². The molecule has 1 fully saturated rings. The van der Waals surface area contributed by atoms with Crippen molar-refractivity contribution in [3.8, 4) is 0 Å². The number of anilines is 1. The molecule has 0 saturated carbocycles. The molecule has 2 heterocycles. The van der Waals surface area contributed by atoms with Crippen LogP contribution < -0.4 is 5.32 Å². The number of nitrogens with zero attached hydrogens (tertiary/aromatic N) is 2. The van der Waals surface area contributed by atoms with Gasteiger partial charge in [-0.3, -0.25) is 0 Å². The molecule has 82 valence electrons. The predicted molar refractivity (Wildman–Crippen MR) is 58.8 cm³/mol. The fourth-order valence-corrected chi connectivity index (χ4v) is 1.74. The van der Waals surface area contributed by atoms with Gasteiger partial charge in [-0.1, -0.05) is 0 Å². The van der Waals surface area contributed by atoms with Gasteiger partial charge in [-0.05, 0) is 32.3 Å². The van der Waals surface area contributed by atoms with Crippen molar-refractivity contribution in [3.63, 3.8) is 0 Å². The van der Waals surface area contributed by atoms with Crippen molar-refractivity contribution >= 4 is 5.82 Å². The van der Waals surface area contributed by atoms with Crippen LogP contribution in [0.2, 0.25) is 0 Å². The summed E-state index contributed by atoms with van der Waals surface area (Å²) in [4.78, 5) is 8.33. The van der Waals surface area contributed by atoms with Crippen molar-refractivity contribution < 1.29 is 4.74 Å². The molecular formula is C11H17N3O. The van der Waals surface area contributed by atoms with Gasteiger partial charge in [0.15, 0.2) is 0 Å². The van der Waals surface area contributed by atoms with E-state index in [1.807, 2.05) is 13.0 Å². The van der Waals surface area contributed by atoms with Gasteiger partial charge in [-0.15, -0.1) is 0 Å². The lowest BCUT2D eigenvalue weighted by Gasteiger charge is -2.22. The summed E-state index contributed by atoms with van der Waals surface area (Å²) in [6.45, 7) is 3.63. The minimum absolute atomic E-state index is 0.342. The van der Waals surface area contributed by atoms with Gasteiger partial charge in [0, 0.05) is 19.3 Å². The Morgan fingerprint density at radius 2 is 2.47 bits per heavy atom. The molecule has 1 aliphatic heterocycles. The summed E-state index contributed by atoms with van der Waals surface area (Å²) in [5, 5.41) is 3.28. The Morgan fingerprint density at radius 3 is 3.20 bits per heavy atom. The smallest absolute Gasteiger partial charge is 0.129 e. The van der Waals surface area contributed by atoms with Crippen LogP contribution in [0.15, 0.2) is 12.3 Å². The van der Waals surface area contributed by atoms with Crippen LogP contribution in [0.1, 0.15) is 25.1 Å². The molecule has 0 spiro atoms. The Balaban J connectivity index is 1.81. The number of hydrogen-bond acceptors (Lipinski definition) is 4.